The molecule has 0 amide bonds. The highest BCUT2D eigenvalue weighted by atomic mass is 32.2. The number of thioether (sulfide) groups is 1. The van der Waals surface area contributed by atoms with E-state index in [1.54, 1.807) is 11.8 Å². The molecule has 0 fully saturated rings. The van der Waals surface area contributed by atoms with Crippen molar-refractivity contribution in [2.75, 3.05) is 0 Å². The number of hydrogen-bond acceptors (Lipinski definition) is 1. The Hall–Kier alpha value is -1.31. The van der Waals surface area contributed by atoms with Crippen molar-refractivity contribution < 1.29 is 0 Å². The van der Waals surface area contributed by atoms with E-state index in [0.717, 1.165) is 21.6 Å². The van der Waals surface area contributed by atoms with Gasteiger partial charge in [-0.2, -0.15) is 0 Å². The maximum atomic E-state index is 5.45. The van der Waals surface area contributed by atoms with E-state index in [9.17, 15) is 0 Å². The molecule has 0 aromatic heterocycles. The average molecular weight is 214 g/mol. The second-order valence-electron chi connectivity index (χ2n) is 3.60. The molecule has 0 aliphatic rings. The van der Waals surface area contributed by atoms with Crippen LogP contribution in [0, 0.1) is 31.6 Å². The van der Waals surface area contributed by atoms with Crippen LogP contribution in [0.4, 0.5) is 0 Å². The number of benzene rings is 1. The Morgan fingerprint density at radius 3 is 1.93 bits per heavy atom. The maximum absolute atomic E-state index is 5.45. The van der Waals surface area contributed by atoms with Gasteiger partial charge in [-0.3, -0.25) is 0 Å². The van der Waals surface area contributed by atoms with Crippen LogP contribution in [0.25, 0.3) is 0 Å². The Morgan fingerprint density at radius 2 is 1.60 bits per heavy atom. The maximum Gasteiger partial charge on any atom is 0.0295 e. The summed E-state index contributed by atoms with van der Waals surface area (Å²) < 4.78 is 0. The molecule has 15 heavy (non-hydrogen) atoms. The zero-order chi connectivity index (χ0) is 11.4. The predicted molar refractivity (Wildman–Crippen MR) is 68.0 cm³/mol. The van der Waals surface area contributed by atoms with Gasteiger partial charge in [0.05, 0.1) is 0 Å². The third kappa shape index (κ3) is 2.82. The van der Waals surface area contributed by atoms with Crippen molar-refractivity contribution in [3.05, 3.63) is 28.8 Å². The molecule has 1 aromatic carbocycles. The van der Waals surface area contributed by atoms with Gasteiger partial charge in [-0.15, -0.1) is 24.6 Å². The molecule has 0 nitrogen and oxygen atoms in total. The van der Waals surface area contributed by atoms with Gasteiger partial charge >= 0.3 is 0 Å². The molecule has 0 aliphatic carbocycles. The molecule has 1 aromatic rings. The minimum absolute atomic E-state index is 0.531. The summed E-state index contributed by atoms with van der Waals surface area (Å²) in [5, 5.41) is 0.531. The molecule has 0 heterocycles. The van der Waals surface area contributed by atoms with Gasteiger partial charge in [0.25, 0.3) is 0 Å². The van der Waals surface area contributed by atoms with Crippen molar-refractivity contribution in [1.29, 1.82) is 0 Å². The molecule has 0 N–H and O–H groups in total. The van der Waals surface area contributed by atoms with Crippen molar-refractivity contribution in [1.82, 2.24) is 0 Å². The van der Waals surface area contributed by atoms with Crippen LogP contribution in [-0.4, -0.2) is 5.25 Å². The van der Waals surface area contributed by atoms with Gasteiger partial charge in [-0.05, 0) is 24.6 Å². The highest BCUT2D eigenvalue weighted by Gasteiger charge is 2.06. The van der Waals surface area contributed by atoms with Gasteiger partial charge < -0.3 is 0 Å². The molecule has 0 saturated heterocycles. The molecule has 0 bridgehead atoms. The summed E-state index contributed by atoms with van der Waals surface area (Å²) >= 11 is 1.78. The second kappa shape index (κ2) is 4.96. The molecule has 0 atom stereocenters. The summed E-state index contributed by atoms with van der Waals surface area (Å²) in [6.45, 7) is 6.26. The SMILES string of the molecule is C#Cc1cc(SC(C)C)cc(C#C)c1C. The van der Waals surface area contributed by atoms with Crippen molar-refractivity contribution >= 4 is 11.8 Å². The Balaban J connectivity index is 3.24. The number of hydrogen-bond donors (Lipinski definition) is 0. The Bertz CT molecular complexity index is 406. The first-order valence-electron chi connectivity index (χ1n) is 4.83. The fraction of sp³-hybridized carbons (Fsp3) is 0.286. The first-order chi connectivity index (χ1) is 7.08. The third-order valence-electron chi connectivity index (χ3n) is 2.06. The minimum Gasteiger partial charge on any atom is -0.123 e. The minimum atomic E-state index is 0.531. The van der Waals surface area contributed by atoms with E-state index >= 15 is 0 Å². The van der Waals surface area contributed by atoms with Gasteiger partial charge in [0.1, 0.15) is 0 Å². The smallest absolute Gasteiger partial charge is 0.0295 e. The number of rotatable bonds is 2. The zero-order valence-corrected chi connectivity index (χ0v) is 10.1. The summed E-state index contributed by atoms with van der Waals surface area (Å²) in [6, 6.07) is 4.06. The quantitative estimate of drug-likeness (QED) is 0.536. The fourth-order valence-corrected chi connectivity index (χ4v) is 2.24. The molecular weight excluding hydrogens is 200 g/mol. The Kier molecular flexibility index (Phi) is 3.89. The predicted octanol–water partition coefficient (Wildman–Crippen LogP) is 3.46. The van der Waals surface area contributed by atoms with E-state index in [1.165, 1.54) is 0 Å². The average Bonchev–Trinajstić information content (AvgIpc) is 2.19. The van der Waals surface area contributed by atoms with E-state index in [0.29, 0.717) is 5.25 Å². The molecule has 0 unspecified atom stereocenters. The molecule has 0 aliphatic heterocycles. The molecule has 76 valence electrons. The van der Waals surface area contributed by atoms with Gasteiger partial charge in [-0.1, -0.05) is 25.7 Å². The highest BCUT2D eigenvalue weighted by Crippen LogP contribution is 2.27. The first-order valence-corrected chi connectivity index (χ1v) is 5.71. The second-order valence-corrected chi connectivity index (χ2v) is 5.25. The summed E-state index contributed by atoms with van der Waals surface area (Å²) in [5.41, 5.74) is 2.82. The molecule has 0 radical (unpaired) electrons. The molecule has 1 heteroatoms. The van der Waals surface area contributed by atoms with Gasteiger partial charge in [0, 0.05) is 21.3 Å². The van der Waals surface area contributed by atoms with Crippen LogP contribution >= 0.6 is 11.8 Å². The molecule has 0 spiro atoms. The Labute approximate surface area is 96.5 Å². The van der Waals surface area contributed by atoms with E-state index in [4.69, 9.17) is 12.8 Å². The van der Waals surface area contributed by atoms with E-state index in [1.807, 2.05) is 19.1 Å². The van der Waals surface area contributed by atoms with Crippen LogP contribution in [0.2, 0.25) is 0 Å². The lowest BCUT2D eigenvalue weighted by Crippen LogP contribution is -1.92. The fourth-order valence-electron chi connectivity index (χ4n) is 1.33. The van der Waals surface area contributed by atoms with Crippen LogP contribution in [0.1, 0.15) is 30.5 Å². The standard InChI is InChI=1S/C14H14S/c1-6-12-8-14(15-10(3)4)9-13(7-2)11(12)5/h1-2,8-10H,3-5H3. The van der Waals surface area contributed by atoms with Crippen LogP contribution in [0.15, 0.2) is 17.0 Å². The van der Waals surface area contributed by atoms with E-state index in [2.05, 4.69) is 25.7 Å². The van der Waals surface area contributed by atoms with Crippen molar-refractivity contribution in [3.8, 4) is 24.7 Å². The molecule has 0 saturated carbocycles. The number of terminal acetylenes is 2. The molecular formula is C14H14S. The van der Waals surface area contributed by atoms with Crippen molar-refractivity contribution in [2.45, 2.75) is 30.9 Å². The van der Waals surface area contributed by atoms with Crippen LogP contribution in [-0.2, 0) is 0 Å². The van der Waals surface area contributed by atoms with Crippen LogP contribution in [0.5, 0.6) is 0 Å². The van der Waals surface area contributed by atoms with Gasteiger partial charge in [0.2, 0.25) is 0 Å². The normalized spacial score (nSPS) is 9.73. The lowest BCUT2D eigenvalue weighted by Gasteiger charge is -2.09. The summed E-state index contributed by atoms with van der Waals surface area (Å²) in [6.07, 6.45) is 10.9. The summed E-state index contributed by atoms with van der Waals surface area (Å²) in [5.74, 6) is 5.35. The van der Waals surface area contributed by atoms with Gasteiger partial charge in [-0.25, -0.2) is 0 Å². The van der Waals surface area contributed by atoms with E-state index < -0.39 is 0 Å². The largest absolute Gasteiger partial charge is 0.123 e. The van der Waals surface area contributed by atoms with Gasteiger partial charge in [0.15, 0.2) is 0 Å². The lowest BCUT2D eigenvalue weighted by molar-refractivity contribution is 1.11. The third-order valence-corrected chi connectivity index (χ3v) is 3.04. The van der Waals surface area contributed by atoms with Crippen molar-refractivity contribution in [2.24, 2.45) is 0 Å². The lowest BCUT2D eigenvalue weighted by atomic mass is 10.0. The van der Waals surface area contributed by atoms with Crippen LogP contribution < -0.4 is 0 Å². The van der Waals surface area contributed by atoms with E-state index in [-0.39, 0.29) is 0 Å². The zero-order valence-electron chi connectivity index (χ0n) is 9.29. The summed E-state index contributed by atoms with van der Waals surface area (Å²) in [7, 11) is 0. The highest BCUT2D eigenvalue weighted by molar-refractivity contribution is 7.99. The summed E-state index contributed by atoms with van der Waals surface area (Å²) in [4.78, 5) is 1.15. The monoisotopic (exact) mass is 214 g/mol. The van der Waals surface area contributed by atoms with Crippen molar-refractivity contribution in [3.63, 3.8) is 0 Å². The van der Waals surface area contributed by atoms with Crippen LogP contribution in [0.3, 0.4) is 0 Å². The Morgan fingerprint density at radius 1 is 1.13 bits per heavy atom. The molecule has 1 rings (SSSR count). The topological polar surface area (TPSA) is 0 Å². The first kappa shape index (κ1) is 11.8.